The molecule has 0 bridgehead atoms. The molecule has 31 heavy (non-hydrogen) atoms. The predicted molar refractivity (Wildman–Crippen MR) is 127 cm³/mol. The molecule has 0 fully saturated rings. The van der Waals surface area contributed by atoms with E-state index >= 15 is 0 Å². The molecule has 2 amide bonds. The van der Waals surface area contributed by atoms with E-state index < -0.39 is 0 Å². The zero-order valence-electron chi connectivity index (χ0n) is 19.6. The van der Waals surface area contributed by atoms with E-state index in [9.17, 15) is 9.59 Å². The highest BCUT2D eigenvalue weighted by molar-refractivity contribution is 6.17. The molecule has 1 aliphatic rings. The number of carbonyl (C=O) groups excluding carboxylic acids is 2. The van der Waals surface area contributed by atoms with Crippen LogP contribution in [0, 0.1) is 13.8 Å². The van der Waals surface area contributed by atoms with Crippen LogP contribution >= 0.6 is 0 Å². The molecule has 1 aliphatic heterocycles. The van der Waals surface area contributed by atoms with Crippen LogP contribution in [0.3, 0.4) is 0 Å². The third kappa shape index (κ3) is 4.69. The van der Waals surface area contributed by atoms with Gasteiger partial charge in [0.2, 0.25) is 5.91 Å². The molecule has 1 N–H and O–H groups in total. The second-order valence-corrected chi connectivity index (χ2v) is 8.47. The van der Waals surface area contributed by atoms with Crippen molar-refractivity contribution < 1.29 is 9.59 Å². The van der Waals surface area contributed by atoms with Gasteiger partial charge in [0.25, 0.3) is 5.91 Å². The highest BCUT2D eigenvalue weighted by atomic mass is 16.2. The average molecular weight is 425 g/mol. The van der Waals surface area contributed by atoms with Gasteiger partial charge < -0.3 is 14.8 Å². The van der Waals surface area contributed by atoms with Gasteiger partial charge in [0.05, 0.1) is 17.1 Å². The number of rotatable bonds is 9. The number of hydrogen-bond donors (Lipinski definition) is 1. The average Bonchev–Trinajstić information content (AvgIpc) is 2.90. The van der Waals surface area contributed by atoms with Crippen molar-refractivity contribution in [3.63, 3.8) is 0 Å². The van der Waals surface area contributed by atoms with Crippen LogP contribution in [-0.4, -0.2) is 40.9 Å². The molecule has 6 nitrogen and oxygen atoms in total. The van der Waals surface area contributed by atoms with Crippen molar-refractivity contribution in [2.24, 2.45) is 7.05 Å². The fourth-order valence-corrected chi connectivity index (χ4v) is 4.26. The van der Waals surface area contributed by atoms with Gasteiger partial charge in [0, 0.05) is 25.7 Å². The minimum absolute atomic E-state index is 0.0249. The number of para-hydroxylation sites is 2. The molecule has 6 heteroatoms. The van der Waals surface area contributed by atoms with E-state index in [4.69, 9.17) is 0 Å². The Bertz CT molecular complexity index is 939. The maximum absolute atomic E-state index is 13.7. The first-order valence-corrected chi connectivity index (χ1v) is 11.5. The molecule has 0 radical (unpaired) electrons. The van der Waals surface area contributed by atoms with Gasteiger partial charge in [-0.1, -0.05) is 38.8 Å². The number of benzene rings is 1. The van der Waals surface area contributed by atoms with Crippen LogP contribution in [0.5, 0.6) is 0 Å². The Kier molecular flexibility index (Phi) is 7.55. The first-order chi connectivity index (χ1) is 14.9. The summed E-state index contributed by atoms with van der Waals surface area (Å²) in [6, 6.07) is 7.57. The number of nitrogens with zero attached hydrogens (tertiary/aromatic N) is 3. The summed E-state index contributed by atoms with van der Waals surface area (Å²) in [6.07, 6.45) is 5.00. The summed E-state index contributed by atoms with van der Waals surface area (Å²) in [5.74, 6) is -0.152. The van der Waals surface area contributed by atoms with Gasteiger partial charge in [-0.25, -0.2) is 0 Å². The second-order valence-electron chi connectivity index (χ2n) is 8.47. The summed E-state index contributed by atoms with van der Waals surface area (Å²) >= 11 is 0. The molecular weight excluding hydrogens is 388 g/mol. The van der Waals surface area contributed by atoms with Crippen molar-refractivity contribution in [3.05, 3.63) is 41.2 Å². The van der Waals surface area contributed by atoms with Gasteiger partial charge in [0.1, 0.15) is 5.69 Å². The van der Waals surface area contributed by atoms with Gasteiger partial charge in [-0.15, -0.1) is 0 Å². The van der Waals surface area contributed by atoms with Crippen LogP contribution in [0.2, 0.25) is 0 Å². The third-order valence-corrected chi connectivity index (χ3v) is 6.34. The van der Waals surface area contributed by atoms with Crippen molar-refractivity contribution in [1.29, 1.82) is 0 Å². The van der Waals surface area contributed by atoms with Crippen LogP contribution < -0.4 is 10.2 Å². The number of fused-ring (bicyclic) bond motifs is 2. The smallest absolute Gasteiger partial charge is 0.274 e. The van der Waals surface area contributed by atoms with Gasteiger partial charge in [0.15, 0.2) is 0 Å². The van der Waals surface area contributed by atoms with Crippen molar-refractivity contribution in [3.8, 4) is 0 Å². The second kappa shape index (κ2) is 10.1. The largest absolute Gasteiger partial charge is 0.342 e. The van der Waals surface area contributed by atoms with Crippen LogP contribution in [0.25, 0.3) is 0 Å². The molecule has 2 aromatic rings. The monoisotopic (exact) mass is 424 g/mol. The van der Waals surface area contributed by atoms with E-state index in [1.54, 1.807) is 4.90 Å². The zero-order chi connectivity index (χ0) is 22.5. The highest BCUT2D eigenvalue weighted by Gasteiger charge is 2.34. The van der Waals surface area contributed by atoms with Crippen LogP contribution in [-0.2, 0) is 11.8 Å². The molecule has 0 saturated heterocycles. The number of unbranched alkanes of at least 4 members (excludes halogenated alkanes) is 2. The fraction of sp³-hybridized carbons (Fsp3) is 0.520. The summed E-state index contributed by atoms with van der Waals surface area (Å²) in [6.45, 7) is 11.2. The van der Waals surface area contributed by atoms with Crippen LogP contribution in [0.4, 0.5) is 17.1 Å². The molecule has 1 aromatic carbocycles. The Morgan fingerprint density at radius 2 is 1.68 bits per heavy atom. The first-order valence-electron chi connectivity index (χ1n) is 11.5. The lowest BCUT2D eigenvalue weighted by Gasteiger charge is -2.26. The summed E-state index contributed by atoms with van der Waals surface area (Å²) in [4.78, 5) is 30.9. The molecule has 0 saturated carbocycles. The normalized spacial score (nSPS) is 13.1. The van der Waals surface area contributed by atoms with Gasteiger partial charge in [-0.05, 0) is 57.5 Å². The standard InChI is InChI=1S/C25H36N4O2/c1-6-8-15-28(16-9-7-2)17-14-22(30)29-21-13-11-10-12-20(21)26-25(31)24-23(29)18(3)19(4)27(24)5/h10-13H,6-9,14-17H2,1-5H3,(H,26,31). The van der Waals surface area contributed by atoms with E-state index in [2.05, 4.69) is 24.1 Å². The molecule has 2 heterocycles. The Balaban J connectivity index is 1.95. The van der Waals surface area contributed by atoms with Crippen molar-refractivity contribution in [1.82, 2.24) is 9.47 Å². The SMILES string of the molecule is CCCCN(CCCC)CCC(=O)N1c2ccccc2NC(=O)c2c1c(C)c(C)n2C. The van der Waals surface area contributed by atoms with Crippen LogP contribution in [0.15, 0.2) is 24.3 Å². The first kappa shape index (κ1) is 23.1. The van der Waals surface area contributed by atoms with Gasteiger partial charge >= 0.3 is 0 Å². The zero-order valence-corrected chi connectivity index (χ0v) is 19.6. The number of anilines is 3. The van der Waals surface area contributed by atoms with Gasteiger partial charge in [-0.2, -0.15) is 0 Å². The Morgan fingerprint density at radius 1 is 1.03 bits per heavy atom. The Morgan fingerprint density at radius 3 is 2.32 bits per heavy atom. The minimum Gasteiger partial charge on any atom is -0.342 e. The molecular formula is C25H36N4O2. The molecule has 3 rings (SSSR count). The van der Waals surface area contributed by atoms with Crippen molar-refractivity contribution in [2.75, 3.05) is 29.9 Å². The molecule has 168 valence electrons. The van der Waals surface area contributed by atoms with Crippen LogP contribution in [0.1, 0.15) is 67.7 Å². The summed E-state index contributed by atoms with van der Waals surface area (Å²) in [5, 5.41) is 3.00. The lowest BCUT2D eigenvalue weighted by Crippen LogP contribution is -2.33. The number of amides is 2. The van der Waals surface area contributed by atoms with E-state index in [0.717, 1.165) is 62.3 Å². The molecule has 0 spiro atoms. The minimum atomic E-state index is -0.177. The van der Waals surface area contributed by atoms with E-state index in [0.29, 0.717) is 23.5 Å². The lowest BCUT2D eigenvalue weighted by atomic mass is 10.1. The summed E-state index contributed by atoms with van der Waals surface area (Å²) < 4.78 is 1.89. The molecule has 0 unspecified atom stereocenters. The van der Waals surface area contributed by atoms with Crippen molar-refractivity contribution >= 4 is 28.9 Å². The number of carbonyl (C=O) groups is 2. The van der Waals surface area contributed by atoms with Crippen molar-refractivity contribution in [2.45, 2.75) is 59.8 Å². The Labute approximate surface area is 186 Å². The summed E-state index contributed by atoms with van der Waals surface area (Å²) in [7, 11) is 1.89. The third-order valence-electron chi connectivity index (χ3n) is 6.34. The van der Waals surface area contributed by atoms with E-state index in [-0.39, 0.29) is 11.8 Å². The quantitative estimate of drug-likeness (QED) is 0.604. The maximum atomic E-state index is 13.7. The lowest BCUT2D eigenvalue weighted by molar-refractivity contribution is -0.118. The van der Waals surface area contributed by atoms with E-state index in [1.165, 1.54) is 0 Å². The number of nitrogens with one attached hydrogen (secondary N) is 1. The fourth-order valence-electron chi connectivity index (χ4n) is 4.26. The van der Waals surface area contributed by atoms with E-state index in [1.807, 2.05) is 49.7 Å². The van der Waals surface area contributed by atoms with Gasteiger partial charge in [-0.3, -0.25) is 14.5 Å². The Hall–Kier alpha value is -2.60. The summed E-state index contributed by atoms with van der Waals surface area (Å²) in [5.41, 5.74) is 4.61. The number of hydrogen-bond acceptors (Lipinski definition) is 3. The highest BCUT2D eigenvalue weighted by Crippen LogP contribution is 2.41. The number of aromatic nitrogens is 1. The maximum Gasteiger partial charge on any atom is 0.274 e. The molecule has 0 atom stereocenters. The molecule has 0 aliphatic carbocycles. The topological polar surface area (TPSA) is 57.6 Å². The predicted octanol–water partition coefficient (Wildman–Crippen LogP) is 5.16. The molecule has 1 aromatic heterocycles.